The maximum atomic E-state index is 12.8. The molecule has 0 bridgehead atoms. The second-order valence-electron chi connectivity index (χ2n) is 8.12. The van der Waals surface area contributed by atoms with Gasteiger partial charge in [-0.15, -0.1) is 0 Å². The molecule has 2 amide bonds. The third kappa shape index (κ3) is 4.89. The lowest BCUT2D eigenvalue weighted by Crippen LogP contribution is -2.51. The summed E-state index contributed by atoms with van der Waals surface area (Å²) in [5.41, 5.74) is 5.50. The zero-order valence-electron chi connectivity index (χ0n) is 18.1. The number of benzene rings is 2. The van der Waals surface area contributed by atoms with E-state index < -0.39 is 11.9 Å². The number of rotatable bonds is 6. The fourth-order valence-electron chi connectivity index (χ4n) is 4.23. The van der Waals surface area contributed by atoms with Gasteiger partial charge >= 0.3 is 0 Å². The van der Waals surface area contributed by atoms with Gasteiger partial charge in [0.15, 0.2) is 0 Å². The minimum Gasteiger partial charge on any atom is -0.489 e. The number of hydroxylamine groups is 1. The van der Waals surface area contributed by atoms with Gasteiger partial charge in [-0.3, -0.25) is 19.8 Å². The second-order valence-corrected chi connectivity index (χ2v) is 8.12. The van der Waals surface area contributed by atoms with Gasteiger partial charge in [0.1, 0.15) is 18.4 Å². The van der Waals surface area contributed by atoms with Crippen LogP contribution in [0.5, 0.6) is 5.75 Å². The van der Waals surface area contributed by atoms with E-state index in [-0.39, 0.29) is 12.3 Å². The van der Waals surface area contributed by atoms with Crippen LogP contribution in [0.2, 0.25) is 0 Å². The highest BCUT2D eigenvalue weighted by atomic mass is 16.5. The smallest absolute Gasteiger partial charge is 0.266 e. The Labute approximate surface area is 187 Å². The Balaban J connectivity index is 1.39. The molecule has 3 aromatic rings. The van der Waals surface area contributed by atoms with E-state index in [9.17, 15) is 9.59 Å². The zero-order valence-corrected chi connectivity index (χ0v) is 18.1. The summed E-state index contributed by atoms with van der Waals surface area (Å²) in [6, 6.07) is 16.9. The summed E-state index contributed by atoms with van der Waals surface area (Å²) in [6.07, 6.45) is 2.48. The van der Waals surface area contributed by atoms with Crippen molar-refractivity contribution in [3.8, 4) is 5.75 Å². The lowest BCUT2D eigenvalue weighted by atomic mass is 10.00. The SMILES string of the molecule is Cc1cc(COc2ccc(CC(=O)N3CCCCC3C(=O)NO)cc2)c2ccccc2n1. The van der Waals surface area contributed by atoms with Crippen molar-refractivity contribution >= 4 is 22.7 Å². The van der Waals surface area contributed by atoms with Crippen LogP contribution in [0.3, 0.4) is 0 Å². The van der Waals surface area contributed by atoms with Crippen molar-refractivity contribution in [1.29, 1.82) is 0 Å². The molecule has 0 aliphatic carbocycles. The summed E-state index contributed by atoms with van der Waals surface area (Å²) in [6.45, 7) is 2.92. The summed E-state index contributed by atoms with van der Waals surface area (Å²) in [5, 5.41) is 10.0. The Morgan fingerprint density at radius 3 is 2.72 bits per heavy atom. The summed E-state index contributed by atoms with van der Waals surface area (Å²) in [7, 11) is 0. The van der Waals surface area contributed by atoms with Gasteiger partial charge in [-0.25, -0.2) is 5.48 Å². The molecule has 1 aromatic heterocycles. The number of carbonyl (C=O) groups excluding carboxylic acids is 2. The monoisotopic (exact) mass is 433 g/mol. The number of nitrogens with zero attached hydrogens (tertiary/aromatic N) is 2. The van der Waals surface area contributed by atoms with Gasteiger partial charge in [-0.05, 0) is 56.0 Å². The fraction of sp³-hybridized carbons (Fsp3) is 0.320. The number of nitrogens with one attached hydrogen (secondary N) is 1. The molecular weight excluding hydrogens is 406 g/mol. The number of para-hydroxylation sites is 1. The minimum atomic E-state index is -0.609. The predicted molar refractivity (Wildman–Crippen MR) is 120 cm³/mol. The van der Waals surface area contributed by atoms with Gasteiger partial charge in [-0.2, -0.15) is 0 Å². The molecule has 7 nitrogen and oxygen atoms in total. The number of hydrogen-bond acceptors (Lipinski definition) is 5. The summed E-state index contributed by atoms with van der Waals surface area (Å²) in [4.78, 5) is 30.8. The van der Waals surface area contributed by atoms with E-state index in [4.69, 9.17) is 9.94 Å². The molecule has 2 heterocycles. The largest absolute Gasteiger partial charge is 0.489 e. The molecule has 2 aromatic carbocycles. The van der Waals surface area contributed by atoms with E-state index in [2.05, 4.69) is 4.98 Å². The van der Waals surface area contributed by atoms with Crippen molar-refractivity contribution < 1.29 is 19.5 Å². The fourth-order valence-corrected chi connectivity index (χ4v) is 4.23. The molecule has 32 heavy (non-hydrogen) atoms. The van der Waals surface area contributed by atoms with Crippen LogP contribution in [0.25, 0.3) is 10.9 Å². The molecule has 7 heteroatoms. The van der Waals surface area contributed by atoms with Gasteiger partial charge in [0.25, 0.3) is 5.91 Å². The molecule has 1 aliphatic heterocycles. The van der Waals surface area contributed by atoms with Crippen LogP contribution in [-0.2, 0) is 22.6 Å². The lowest BCUT2D eigenvalue weighted by molar-refractivity contribution is -0.145. The zero-order chi connectivity index (χ0) is 22.5. The van der Waals surface area contributed by atoms with Gasteiger partial charge in [0, 0.05) is 23.2 Å². The van der Waals surface area contributed by atoms with Gasteiger partial charge in [0.05, 0.1) is 11.9 Å². The van der Waals surface area contributed by atoms with Gasteiger partial charge in [0.2, 0.25) is 5.91 Å². The third-order valence-electron chi connectivity index (χ3n) is 5.84. The van der Waals surface area contributed by atoms with Crippen molar-refractivity contribution in [2.24, 2.45) is 0 Å². The second kappa shape index (κ2) is 9.78. The molecule has 1 unspecified atom stereocenters. The van der Waals surface area contributed by atoms with E-state index in [1.54, 1.807) is 10.4 Å². The number of aryl methyl sites for hydroxylation is 1. The molecule has 0 radical (unpaired) electrons. The first-order valence-electron chi connectivity index (χ1n) is 10.9. The highest BCUT2D eigenvalue weighted by molar-refractivity contribution is 5.88. The molecule has 0 spiro atoms. The van der Waals surface area contributed by atoms with Crippen LogP contribution in [0.15, 0.2) is 54.6 Å². The first-order valence-corrected chi connectivity index (χ1v) is 10.9. The average Bonchev–Trinajstić information content (AvgIpc) is 2.82. The summed E-state index contributed by atoms with van der Waals surface area (Å²) < 4.78 is 5.99. The molecule has 4 rings (SSSR count). The lowest BCUT2D eigenvalue weighted by Gasteiger charge is -2.34. The molecule has 2 N–H and O–H groups in total. The average molecular weight is 434 g/mol. The Kier molecular flexibility index (Phi) is 6.66. The molecule has 1 fully saturated rings. The Morgan fingerprint density at radius 2 is 1.94 bits per heavy atom. The maximum absolute atomic E-state index is 12.8. The van der Waals surface area contributed by atoms with Crippen molar-refractivity contribution in [2.45, 2.75) is 45.3 Å². The van der Waals surface area contributed by atoms with Crippen molar-refractivity contribution in [1.82, 2.24) is 15.4 Å². The summed E-state index contributed by atoms with van der Waals surface area (Å²) >= 11 is 0. The molecule has 0 saturated carbocycles. The van der Waals surface area contributed by atoms with E-state index in [0.717, 1.165) is 46.3 Å². The number of fused-ring (bicyclic) bond motifs is 1. The predicted octanol–water partition coefficient (Wildman–Crippen LogP) is 3.55. The molecular formula is C25H27N3O4. The number of likely N-dealkylation sites (tertiary alicyclic amines) is 1. The third-order valence-corrected chi connectivity index (χ3v) is 5.84. The normalized spacial score (nSPS) is 16.1. The number of aromatic nitrogens is 1. The highest BCUT2D eigenvalue weighted by Gasteiger charge is 2.31. The van der Waals surface area contributed by atoms with Crippen molar-refractivity contribution in [2.75, 3.05) is 6.54 Å². The molecule has 1 atom stereocenters. The van der Waals surface area contributed by atoms with Crippen LogP contribution >= 0.6 is 0 Å². The van der Waals surface area contributed by atoms with Crippen LogP contribution in [0.4, 0.5) is 0 Å². The standard InChI is InChI=1S/C25H27N3O4/c1-17-14-19(21-6-2-3-7-22(21)26-17)16-32-20-11-9-18(10-12-20)15-24(29)28-13-5-4-8-23(28)25(30)27-31/h2-3,6-7,9-12,14,23,31H,4-5,8,13,15-16H2,1H3,(H,27,30). The van der Waals surface area contributed by atoms with Crippen LogP contribution in [-0.4, -0.2) is 39.5 Å². The number of piperidine rings is 1. The van der Waals surface area contributed by atoms with E-state index in [0.29, 0.717) is 19.6 Å². The van der Waals surface area contributed by atoms with E-state index >= 15 is 0 Å². The van der Waals surface area contributed by atoms with E-state index in [1.165, 1.54) is 0 Å². The van der Waals surface area contributed by atoms with Gasteiger partial charge < -0.3 is 9.64 Å². The Hall–Kier alpha value is -3.45. The number of hydrogen-bond donors (Lipinski definition) is 2. The molecule has 166 valence electrons. The number of pyridine rings is 1. The van der Waals surface area contributed by atoms with Crippen LogP contribution in [0.1, 0.15) is 36.1 Å². The first-order chi connectivity index (χ1) is 15.5. The van der Waals surface area contributed by atoms with Crippen LogP contribution in [0, 0.1) is 6.92 Å². The number of carbonyl (C=O) groups is 2. The quantitative estimate of drug-likeness (QED) is 0.458. The number of ether oxygens (including phenoxy) is 1. The van der Waals surface area contributed by atoms with Gasteiger partial charge in [-0.1, -0.05) is 30.3 Å². The number of amides is 2. The first kappa shape index (κ1) is 21.8. The highest BCUT2D eigenvalue weighted by Crippen LogP contribution is 2.22. The summed E-state index contributed by atoms with van der Waals surface area (Å²) in [5.74, 6) is 0.0709. The van der Waals surface area contributed by atoms with Crippen molar-refractivity contribution in [3.63, 3.8) is 0 Å². The van der Waals surface area contributed by atoms with E-state index in [1.807, 2.05) is 61.5 Å². The maximum Gasteiger partial charge on any atom is 0.266 e. The van der Waals surface area contributed by atoms with Crippen molar-refractivity contribution in [3.05, 3.63) is 71.4 Å². The van der Waals surface area contributed by atoms with Crippen LogP contribution < -0.4 is 10.2 Å². The molecule has 1 aliphatic rings. The minimum absolute atomic E-state index is 0.120. The Bertz CT molecular complexity index is 1110. The topological polar surface area (TPSA) is 91.8 Å². The molecule has 1 saturated heterocycles. The Morgan fingerprint density at radius 1 is 1.16 bits per heavy atom.